The summed E-state index contributed by atoms with van der Waals surface area (Å²) in [5, 5.41) is 15.7. The lowest BCUT2D eigenvalue weighted by atomic mass is 10.1. The van der Waals surface area contributed by atoms with E-state index in [-0.39, 0.29) is 11.4 Å². The second-order valence-corrected chi connectivity index (χ2v) is 9.00. The number of amidine groups is 2. The average Bonchev–Trinajstić information content (AvgIpc) is 3.34. The highest BCUT2D eigenvalue weighted by atomic mass is 32.2. The minimum Gasteiger partial charge on any atom is -0.318 e. The van der Waals surface area contributed by atoms with Gasteiger partial charge in [0.25, 0.3) is 5.91 Å². The Morgan fingerprint density at radius 1 is 1.09 bits per heavy atom. The van der Waals surface area contributed by atoms with Crippen molar-refractivity contribution in [3.8, 4) is 5.69 Å². The van der Waals surface area contributed by atoms with Gasteiger partial charge >= 0.3 is 0 Å². The third kappa shape index (κ3) is 3.52. The van der Waals surface area contributed by atoms with E-state index in [1.807, 2.05) is 38.1 Å². The van der Waals surface area contributed by atoms with Gasteiger partial charge in [-0.2, -0.15) is 15.1 Å². The zero-order valence-corrected chi connectivity index (χ0v) is 19.6. The van der Waals surface area contributed by atoms with E-state index in [2.05, 4.69) is 45.6 Å². The maximum absolute atomic E-state index is 12.9. The van der Waals surface area contributed by atoms with Crippen molar-refractivity contribution in [2.75, 3.05) is 0 Å². The van der Waals surface area contributed by atoms with Crippen molar-refractivity contribution >= 4 is 39.8 Å². The minimum absolute atomic E-state index is 0.0212. The maximum atomic E-state index is 12.9. The van der Waals surface area contributed by atoms with Gasteiger partial charge in [0.1, 0.15) is 5.04 Å². The first kappa shape index (κ1) is 21.1. The second kappa shape index (κ2) is 7.97. The summed E-state index contributed by atoms with van der Waals surface area (Å²) in [6, 6.07) is 12.0. The number of hydrogen-bond donors (Lipinski definition) is 1. The lowest BCUT2D eigenvalue weighted by Crippen LogP contribution is -2.35. The molecular formula is C25H22N6OS. The average molecular weight is 455 g/mol. The van der Waals surface area contributed by atoms with Crippen LogP contribution in [0, 0.1) is 33.1 Å². The van der Waals surface area contributed by atoms with Gasteiger partial charge in [0.15, 0.2) is 5.84 Å². The van der Waals surface area contributed by atoms with Gasteiger partial charge in [-0.15, -0.1) is 0 Å². The van der Waals surface area contributed by atoms with Crippen LogP contribution in [0.25, 0.3) is 11.8 Å². The van der Waals surface area contributed by atoms with Gasteiger partial charge < -0.3 is 4.57 Å². The molecule has 0 saturated carbocycles. The molecule has 3 aromatic rings. The van der Waals surface area contributed by atoms with E-state index >= 15 is 0 Å². The van der Waals surface area contributed by atoms with Crippen molar-refractivity contribution in [1.29, 1.82) is 5.41 Å². The monoisotopic (exact) mass is 454 g/mol. The fourth-order valence-corrected chi connectivity index (χ4v) is 4.92. The van der Waals surface area contributed by atoms with E-state index in [1.54, 1.807) is 18.5 Å². The number of nitrogens with one attached hydrogen (secondary N) is 1. The molecule has 8 heteroatoms. The lowest BCUT2D eigenvalue weighted by Gasteiger charge is -2.20. The fourth-order valence-electron chi connectivity index (χ4n) is 4.04. The predicted molar refractivity (Wildman–Crippen MR) is 133 cm³/mol. The lowest BCUT2D eigenvalue weighted by molar-refractivity contribution is -0.114. The van der Waals surface area contributed by atoms with Gasteiger partial charge in [0, 0.05) is 35.0 Å². The van der Waals surface area contributed by atoms with Crippen LogP contribution in [0.2, 0.25) is 0 Å². The second-order valence-electron chi connectivity index (χ2n) is 8.05. The molecule has 0 aliphatic carbocycles. The standard InChI is InChI=1S/C25H22N6OS/c1-14-7-5-9-21(16(14)3)30-15(2)11-19(17(30)4)12-20-22(26)31-25(28-23(20)32)33-24(29-31)18-8-6-10-27-13-18/h5-13,26H,1-4H3/b20-12+,26-22?. The van der Waals surface area contributed by atoms with Crippen molar-refractivity contribution in [3.05, 3.63) is 88.0 Å². The number of amides is 1. The number of hydrazone groups is 1. The number of aryl methyl sites for hydroxylation is 2. The number of thioether (sulfide) groups is 1. The summed E-state index contributed by atoms with van der Waals surface area (Å²) < 4.78 is 2.19. The largest absolute Gasteiger partial charge is 0.318 e. The molecule has 0 fully saturated rings. The van der Waals surface area contributed by atoms with Gasteiger partial charge in [0.2, 0.25) is 5.17 Å². The van der Waals surface area contributed by atoms with E-state index in [4.69, 9.17) is 5.41 Å². The Balaban J connectivity index is 1.54. The predicted octanol–water partition coefficient (Wildman–Crippen LogP) is 4.77. The number of benzene rings is 1. The molecule has 1 aromatic carbocycles. The molecule has 4 heterocycles. The first-order valence-corrected chi connectivity index (χ1v) is 11.3. The van der Waals surface area contributed by atoms with Gasteiger partial charge in [-0.3, -0.25) is 15.2 Å². The Kier molecular flexibility index (Phi) is 5.09. The quantitative estimate of drug-likeness (QED) is 0.578. The number of nitrogens with zero attached hydrogens (tertiary/aromatic N) is 5. The summed E-state index contributed by atoms with van der Waals surface area (Å²) >= 11 is 1.27. The fraction of sp³-hybridized carbons (Fsp3) is 0.160. The number of carbonyl (C=O) groups is 1. The molecule has 1 N–H and O–H groups in total. The molecule has 0 atom stereocenters. The van der Waals surface area contributed by atoms with E-state index < -0.39 is 5.91 Å². The number of aliphatic imine (C=N–C) groups is 1. The molecule has 0 radical (unpaired) electrons. The number of rotatable bonds is 3. The Morgan fingerprint density at radius 3 is 2.67 bits per heavy atom. The Morgan fingerprint density at radius 2 is 1.91 bits per heavy atom. The van der Waals surface area contributed by atoms with Crippen LogP contribution in [0.15, 0.2) is 64.5 Å². The molecule has 164 valence electrons. The van der Waals surface area contributed by atoms with Gasteiger partial charge in [-0.1, -0.05) is 12.1 Å². The zero-order valence-electron chi connectivity index (χ0n) is 18.7. The smallest absolute Gasteiger partial charge is 0.283 e. The van der Waals surface area contributed by atoms with Crippen molar-refractivity contribution in [2.24, 2.45) is 10.1 Å². The van der Waals surface area contributed by atoms with Crippen LogP contribution in [0.3, 0.4) is 0 Å². The van der Waals surface area contributed by atoms with Crippen LogP contribution < -0.4 is 0 Å². The number of fused-ring (bicyclic) bond motifs is 1. The summed E-state index contributed by atoms with van der Waals surface area (Å²) in [5.41, 5.74) is 7.52. The molecule has 2 aliphatic rings. The van der Waals surface area contributed by atoms with Crippen molar-refractivity contribution in [1.82, 2.24) is 14.6 Å². The van der Waals surface area contributed by atoms with Crippen LogP contribution in [-0.2, 0) is 4.79 Å². The Hall–Kier alpha value is -3.78. The maximum Gasteiger partial charge on any atom is 0.283 e. The van der Waals surface area contributed by atoms with Crippen molar-refractivity contribution in [2.45, 2.75) is 27.7 Å². The highest BCUT2D eigenvalue weighted by molar-refractivity contribution is 8.27. The molecule has 0 spiro atoms. The number of hydrogen-bond acceptors (Lipinski definition) is 5. The first-order chi connectivity index (χ1) is 15.8. The van der Waals surface area contributed by atoms with E-state index in [0.717, 1.165) is 28.2 Å². The van der Waals surface area contributed by atoms with E-state index in [1.165, 1.54) is 27.9 Å². The summed E-state index contributed by atoms with van der Waals surface area (Å²) in [5.74, 6) is -0.411. The van der Waals surface area contributed by atoms with Gasteiger partial charge in [-0.25, -0.2) is 0 Å². The number of aromatic nitrogens is 2. The van der Waals surface area contributed by atoms with Crippen LogP contribution >= 0.6 is 11.8 Å². The third-order valence-corrected chi connectivity index (χ3v) is 6.91. The Labute approximate surface area is 196 Å². The molecule has 7 nitrogen and oxygen atoms in total. The van der Waals surface area contributed by atoms with Crippen molar-refractivity contribution < 1.29 is 4.79 Å². The molecule has 5 rings (SSSR count). The Bertz CT molecular complexity index is 1410. The van der Waals surface area contributed by atoms with E-state index in [0.29, 0.717) is 10.2 Å². The minimum atomic E-state index is -0.432. The molecule has 2 aromatic heterocycles. The topological polar surface area (TPSA) is 86.7 Å². The van der Waals surface area contributed by atoms with Gasteiger partial charge in [-0.05, 0) is 86.5 Å². The number of carbonyl (C=O) groups excluding carboxylic acids is 1. The first-order valence-electron chi connectivity index (χ1n) is 10.5. The normalized spacial score (nSPS) is 16.8. The molecule has 0 unspecified atom stereocenters. The summed E-state index contributed by atoms with van der Waals surface area (Å²) in [7, 11) is 0. The number of pyridine rings is 1. The molecule has 1 amide bonds. The molecular weight excluding hydrogens is 432 g/mol. The molecule has 33 heavy (non-hydrogen) atoms. The van der Waals surface area contributed by atoms with Crippen LogP contribution in [-0.4, -0.2) is 36.5 Å². The highest BCUT2D eigenvalue weighted by Gasteiger charge is 2.36. The summed E-state index contributed by atoms with van der Waals surface area (Å²) in [6.45, 7) is 8.28. The highest BCUT2D eigenvalue weighted by Crippen LogP contribution is 2.32. The zero-order chi connectivity index (χ0) is 23.3. The van der Waals surface area contributed by atoms with E-state index in [9.17, 15) is 4.79 Å². The summed E-state index contributed by atoms with van der Waals surface area (Å²) in [4.78, 5) is 21.2. The SMILES string of the molecule is Cc1cccc(-n2c(C)cc(/C=C3\C(=N)N4N=C(c5cccnc5)SC4=NC3=O)c2C)c1C. The van der Waals surface area contributed by atoms with Crippen LogP contribution in [0.1, 0.15) is 33.6 Å². The van der Waals surface area contributed by atoms with Crippen molar-refractivity contribution in [3.63, 3.8) is 0 Å². The summed E-state index contributed by atoms with van der Waals surface area (Å²) in [6.07, 6.45) is 5.14. The molecule has 0 bridgehead atoms. The van der Waals surface area contributed by atoms with Crippen LogP contribution in [0.4, 0.5) is 0 Å². The third-order valence-electron chi connectivity index (χ3n) is 5.95. The van der Waals surface area contributed by atoms with Crippen LogP contribution in [0.5, 0.6) is 0 Å². The molecule has 0 saturated heterocycles. The molecule has 2 aliphatic heterocycles. The van der Waals surface area contributed by atoms with Gasteiger partial charge in [0.05, 0.1) is 5.57 Å².